The molecule has 0 N–H and O–H groups in total. The fourth-order valence-corrected chi connectivity index (χ4v) is 6.85. The first-order valence-electron chi connectivity index (χ1n) is 12.9. The molecular weight excluding hydrogens is 562 g/mol. The van der Waals surface area contributed by atoms with Crippen LogP contribution in [0.1, 0.15) is 48.8 Å². The van der Waals surface area contributed by atoms with Crippen LogP contribution in [-0.4, -0.2) is 55.8 Å². The third kappa shape index (κ3) is 4.11. The van der Waals surface area contributed by atoms with Crippen molar-refractivity contribution in [2.75, 3.05) is 18.0 Å². The minimum Gasteiger partial charge on any atom is -0.402 e. The fourth-order valence-electron chi connectivity index (χ4n) is 6.65. The summed E-state index contributed by atoms with van der Waals surface area (Å²) in [7, 11) is 0. The zero-order valence-electron chi connectivity index (χ0n) is 20.9. The number of aromatic nitrogens is 4. The van der Waals surface area contributed by atoms with E-state index in [-0.39, 0.29) is 48.8 Å². The lowest BCUT2D eigenvalue weighted by atomic mass is 9.57. The van der Waals surface area contributed by atoms with E-state index in [9.17, 15) is 26.3 Å². The Morgan fingerprint density at radius 1 is 0.975 bits per heavy atom. The number of nitrogens with zero attached hydrogens (tertiary/aromatic N) is 6. The van der Waals surface area contributed by atoms with Gasteiger partial charge >= 0.3 is 12.5 Å². The zero-order valence-corrected chi connectivity index (χ0v) is 21.7. The van der Waals surface area contributed by atoms with E-state index < -0.39 is 18.1 Å². The Balaban J connectivity index is 1.13. The first-order chi connectivity index (χ1) is 18.9. The number of hydrogen-bond donors (Lipinski definition) is 0. The number of anilines is 1. The molecule has 7 rings (SSSR count). The molecule has 0 bridgehead atoms. The summed E-state index contributed by atoms with van der Waals surface area (Å²) in [6, 6.07) is 7.85. The molecule has 7 nitrogen and oxygen atoms in total. The van der Waals surface area contributed by atoms with Gasteiger partial charge in [0.25, 0.3) is 0 Å². The van der Waals surface area contributed by atoms with Crippen LogP contribution >= 0.6 is 11.6 Å². The fraction of sp³-hybridized carbons (Fsp3) is 0.500. The van der Waals surface area contributed by atoms with Crippen LogP contribution in [0.5, 0.6) is 5.75 Å². The van der Waals surface area contributed by atoms with E-state index in [2.05, 4.69) is 19.9 Å². The number of pyridine rings is 1. The minimum absolute atomic E-state index is 0.00519. The number of benzene rings is 1. The van der Waals surface area contributed by atoms with Gasteiger partial charge in [0, 0.05) is 42.2 Å². The zero-order chi connectivity index (χ0) is 28.1. The third-order valence-corrected chi connectivity index (χ3v) is 8.88. The van der Waals surface area contributed by atoms with E-state index in [0.29, 0.717) is 35.3 Å². The Kier molecular flexibility index (Phi) is 5.48. The maximum Gasteiger partial charge on any atom is 0.573 e. The molecule has 4 aliphatic rings. The molecule has 1 saturated heterocycles. The van der Waals surface area contributed by atoms with Crippen molar-refractivity contribution in [2.24, 2.45) is 5.41 Å². The third-order valence-electron chi connectivity index (χ3n) is 8.64. The van der Waals surface area contributed by atoms with Gasteiger partial charge in [0.2, 0.25) is 0 Å². The highest BCUT2D eigenvalue weighted by Crippen LogP contribution is 2.58. The second-order valence-electron chi connectivity index (χ2n) is 11.3. The van der Waals surface area contributed by atoms with Crippen molar-refractivity contribution in [1.82, 2.24) is 24.6 Å². The number of ether oxygens (including phenoxy) is 1. The summed E-state index contributed by atoms with van der Waals surface area (Å²) in [5.41, 5.74) is -0.584. The Morgan fingerprint density at radius 2 is 1.73 bits per heavy atom. The van der Waals surface area contributed by atoms with Crippen LogP contribution in [0.4, 0.5) is 32.2 Å². The first-order valence-corrected chi connectivity index (χ1v) is 13.2. The lowest BCUT2D eigenvalue weighted by Crippen LogP contribution is -2.62. The number of halogens is 7. The molecule has 1 aromatic carbocycles. The Hall–Kier alpha value is -3.06. The lowest BCUT2D eigenvalue weighted by molar-refractivity contribution is -0.274. The summed E-state index contributed by atoms with van der Waals surface area (Å²) in [5.74, 6) is 0.946. The molecule has 4 heterocycles. The molecule has 0 unspecified atom stereocenters. The molecule has 1 spiro atoms. The average molecular weight is 585 g/mol. The van der Waals surface area contributed by atoms with E-state index in [1.165, 1.54) is 23.2 Å². The maximum absolute atomic E-state index is 14.1. The predicted molar refractivity (Wildman–Crippen MR) is 131 cm³/mol. The van der Waals surface area contributed by atoms with Crippen molar-refractivity contribution in [3.8, 4) is 11.4 Å². The standard InChI is InChI=1S/C26H23ClF6N6O/c27-17-3-4-18-15(8-17)11-38(24(5-6-24)25(28,29)30)12-20-35-36-21(39(18)20)16-9-23(10-16)13-37(14-23)22-19(2-1-7-34-22)40-26(31,32)33/h1-4,7-8,16H,5-6,9-14H2. The normalized spacial score (nSPS) is 21.7. The highest BCUT2D eigenvalue weighted by molar-refractivity contribution is 6.30. The summed E-state index contributed by atoms with van der Waals surface area (Å²) < 4.78 is 86.7. The molecule has 3 aromatic rings. The molecule has 40 heavy (non-hydrogen) atoms. The van der Waals surface area contributed by atoms with Crippen molar-refractivity contribution >= 4 is 17.4 Å². The number of rotatable bonds is 4. The molecule has 3 fully saturated rings. The average Bonchev–Trinajstić information content (AvgIpc) is 3.57. The highest BCUT2D eigenvalue weighted by atomic mass is 35.5. The lowest BCUT2D eigenvalue weighted by Gasteiger charge is -2.59. The Labute approximate surface area is 229 Å². The van der Waals surface area contributed by atoms with E-state index in [0.717, 1.165) is 18.5 Å². The monoisotopic (exact) mass is 584 g/mol. The number of fused-ring (bicyclic) bond motifs is 3. The van der Waals surface area contributed by atoms with Crippen molar-refractivity contribution < 1.29 is 31.1 Å². The topological polar surface area (TPSA) is 59.3 Å². The van der Waals surface area contributed by atoms with E-state index in [1.807, 2.05) is 4.57 Å². The molecular formula is C26H23ClF6N6O. The number of hydrogen-bond acceptors (Lipinski definition) is 6. The van der Waals surface area contributed by atoms with Crippen LogP contribution in [0.25, 0.3) is 5.69 Å². The molecule has 212 valence electrons. The molecule has 0 atom stereocenters. The Bertz CT molecular complexity index is 1470. The van der Waals surface area contributed by atoms with Crippen LogP contribution in [0.2, 0.25) is 5.02 Å². The van der Waals surface area contributed by atoms with Gasteiger partial charge in [0.1, 0.15) is 11.4 Å². The molecule has 14 heteroatoms. The summed E-state index contributed by atoms with van der Waals surface area (Å²) in [4.78, 5) is 7.32. The van der Waals surface area contributed by atoms with Crippen molar-refractivity contribution in [3.05, 3.63) is 58.8 Å². The summed E-state index contributed by atoms with van der Waals surface area (Å²) in [5, 5.41) is 9.22. The predicted octanol–water partition coefficient (Wildman–Crippen LogP) is 6.01. The maximum atomic E-state index is 14.1. The second kappa shape index (κ2) is 8.48. The van der Waals surface area contributed by atoms with E-state index in [4.69, 9.17) is 11.6 Å². The molecule has 0 radical (unpaired) electrons. The van der Waals surface area contributed by atoms with Crippen molar-refractivity contribution in [3.63, 3.8) is 0 Å². The largest absolute Gasteiger partial charge is 0.573 e. The van der Waals surface area contributed by atoms with Gasteiger partial charge in [-0.3, -0.25) is 9.47 Å². The second-order valence-corrected chi connectivity index (χ2v) is 11.7. The molecule has 2 aromatic heterocycles. The summed E-state index contributed by atoms with van der Waals surface area (Å²) >= 11 is 6.25. The van der Waals surface area contributed by atoms with Crippen molar-refractivity contribution in [1.29, 1.82) is 0 Å². The van der Waals surface area contributed by atoms with E-state index in [1.54, 1.807) is 23.1 Å². The molecule has 2 saturated carbocycles. The first kappa shape index (κ1) is 25.9. The number of alkyl halides is 6. The van der Waals surface area contributed by atoms with Crippen LogP contribution in [0.15, 0.2) is 36.5 Å². The minimum atomic E-state index is -4.82. The van der Waals surface area contributed by atoms with Crippen LogP contribution < -0.4 is 9.64 Å². The van der Waals surface area contributed by atoms with Gasteiger partial charge in [-0.15, -0.1) is 23.4 Å². The van der Waals surface area contributed by atoms with Gasteiger partial charge in [-0.05, 0) is 61.6 Å². The Morgan fingerprint density at radius 3 is 2.40 bits per heavy atom. The smallest absolute Gasteiger partial charge is 0.402 e. The molecule has 2 aliphatic heterocycles. The van der Waals surface area contributed by atoms with Crippen LogP contribution in [0.3, 0.4) is 0 Å². The van der Waals surface area contributed by atoms with Gasteiger partial charge in [-0.25, -0.2) is 4.98 Å². The van der Waals surface area contributed by atoms with E-state index >= 15 is 0 Å². The van der Waals surface area contributed by atoms with Gasteiger partial charge in [-0.2, -0.15) is 13.2 Å². The molecule has 0 amide bonds. The summed E-state index contributed by atoms with van der Waals surface area (Å²) in [6.45, 7) is 1.13. The van der Waals surface area contributed by atoms with Crippen LogP contribution in [0, 0.1) is 5.41 Å². The van der Waals surface area contributed by atoms with Gasteiger partial charge in [0.05, 0.1) is 12.2 Å². The molecule has 2 aliphatic carbocycles. The van der Waals surface area contributed by atoms with Crippen LogP contribution in [-0.2, 0) is 13.1 Å². The van der Waals surface area contributed by atoms with Gasteiger partial charge in [-0.1, -0.05) is 11.6 Å². The SMILES string of the molecule is FC(F)(F)Oc1cccnc1N1CC2(CC(c3nnc4n3-c3ccc(Cl)cc3CN(C3(C(F)(F)F)CC3)C4)C2)C1. The van der Waals surface area contributed by atoms with Crippen molar-refractivity contribution in [2.45, 2.75) is 62.8 Å². The quantitative estimate of drug-likeness (QED) is 0.350. The van der Waals surface area contributed by atoms with Gasteiger partial charge < -0.3 is 9.64 Å². The summed E-state index contributed by atoms with van der Waals surface area (Å²) in [6.07, 6.45) is -6.22. The van der Waals surface area contributed by atoms with Gasteiger partial charge in [0.15, 0.2) is 17.4 Å². The highest BCUT2D eigenvalue weighted by Gasteiger charge is 2.67.